The Morgan fingerprint density at radius 2 is 2.00 bits per heavy atom. The highest BCUT2D eigenvalue weighted by molar-refractivity contribution is 7.88. The molecule has 0 aromatic heterocycles. The summed E-state index contributed by atoms with van der Waals surface area (Å²) in [6.07, 6.45) is 6.32. The van der Waals surface area contributed by atoms with Crippen molar-refractivity contribution in [3.05, 3.63) is 64.4 Å². The van der Waals surface area contributed by atoms with Crippen LogP contribution in [0.1, 0.15) is 49.7 Å². The number of hydrogen-bond donors (Lipinski definition) is 1. The van der Waals surface area contributed by atoms with E-state index < -0.39 is 15.8 Å². The molecule has 0 radical (unpaired) electrons. The zero-order valence-corrected chi connectivity index (χ0v) is 22.9. The molecule has 0 spiro atoms. The largest absolute Gasteiger partial charge is 0.322 e. The number of fused-ring (bicyclic) bond motifs is 1. The molecule has 1 saturated heterocycles. The van der Waals surface area contributed by atoms with E-state index in [0.29, 0.717) is 49.6 Å². The summed E-state index contributed by atoms with van der Waals surface area (Å²) in [5, 5.41) is 12.2. The highest BCUT2D eigenvalue weighted by Crippen LogP contribution is 2.63. The molecule has 5 rings (SSSR count). The van der Waals surface area contributed by atoms with Crippen LogP contribution in [0.3, 0.4) is 0 Å². The zero-order chi connectivity index (χ0) is 27.1. The van der Waals surface area contributed by atoms with Crippen LogP contribution >= 0.6 is 11.6 Å². The predicted octanol–water partition coefficient (Wildman–Crippen LogP) is 5.37. The number of sulfonamides is 1. The smallest absolute Gasteiger partial charge is 0.321 e. The van der Waals surface area contributed by atoms with E-state index in [1.165, 1.54) is 34.3 Å². The number of carbonyl (C=O) groups is 1. The highest BCUT2D eigenvalue weighted by Gasteiger charge is 2.58. The average Bonchev–Trinajstić information content (AvgIpc) is 3.64. The summed E-state index contributed by atoms with van der Waals surface area (Å²) >= 11 is 5.94. The minimum atomic E-state index is -3.23. The lowest BCUT2D eigenvalue weighted by Gasteiger charge is -2.40. The van der Waals surface area contributed by atoms with Gasteiger partial charge in [-0.1, -0.05) is 23.7 Å². The first-order chi connectivity index (χ1) is 18.1. The minimum Gasteiger partial charge on any atom is -0.321 e. The number of nitrogens with zero attached hydrogens (tertiary/aromatic N) is 3. The number of amides is 2. The Kier molecular flexibility index (Phi) is 7.42. The van der Waals surface area contributed by atoms with E-state index in [0.717, 1.165) is 25.7 Å². The fraction of sp³-hybridized carbons (Fsp3) is 0.500. The maximum Gasteiger partial charge on any atom is 0.322 e. The first-order valence-corrected chi connectivity index (χ1v) is 15.3. The van der Waals surface area contributed by atoms with E-state index in [1.807, 2.05) is 23.1 Å². The number of anilines is 1. The third kappa shape index (κ3) is 5.54. The van der Waals surface area contributed by atoms with Crippen molar-refractivity contribution in [3.63, 3.8) is 0 Å². The van der Waals surface area contributed by atoms with Crippen LogP contribution in [-0.2, 0) is 15.4 Å². The van der Waals surface area contributed by atoms with Gasteiger partial charge in [0.05, 0.1) is 22.9 Å². The predicted molar refractivity (Wildman–Crippen MR) is 145 cm³/mol. The van der Waals surface area contributed by atoms with Gasteiger partial charge in [0.15, 0.2) is 0 Å². The van der Waals surface area contributed by atoms with Gasteiger partial charge in [0.1, 0.15) is 5.82 Å². The van der Waals surface area contributed by atoms with Gasteiger partial charge in [0, 0.05) is 31.4 Å². The van der Waals surface area contributed by atoms with Gasteiger partial charge in [-0.05, 0) is 91.7 Å². The molecule has 2 aromatic rings. The number of nitriles is 1. The Morgan fingerprint density at radius 1 is 1.24 bits per heavy atom. The van der Waals surface area contributed by atoms with E-state index >= 15 is 0 Å². The van der Waals surface area contributed by atoms with Crippen molar-refractivity contribution in [2.24, 2.45) is 11.8 Å². The molecule has 1 N–H and O–H groups in total. The first kappa shape index (κ1) is 26.9. The lowest BCUT2D eigenvalue weighted by Crippen LogP contribution is -2.49. The van der Waals surface area contributed by atoms with Gasteiger partial charge in [0.2, 0.25) is 10.0 Å². The number of urea groups is 1. The SMILES string of the molecule is CS(=O)(=O)N1CCC(CN(C(=O)Nc2ccc(F)c(Cl)c2)C2CC[C@]3(c4cccc(C#N)c4)CC3C2)CC1. The lowest BCUT2D eigenvalue weighted by atomic mass is 9.79. The van der Waals surface area contributed by atoms with Crippen LogP contribution in [0.15, 0.2) is 42.5 Å². The van der Waals surface area contributed by atoms with E-state index in [4.69, 9.17) is 11.6 Å². The topological polar surface area (TPSA) is 93.5 Å². The zero-order valence-electron chi connectivity index (χ0n) is 21.4. The van der Waals surface area contributed by atoms with E-state index in [9.17, 15) is 22.9 Å². The summed E-state index contributed by atoms with van der Waals surface area (Å²) < 4.78 is 39.1. The second kappa shape index (κ2) is 10.5. The van der Waals surface area contributed by atoms with Crippen LogP contribution in [0.25, 0.3) is 0 Å². The van der Waals surface area contributed by atoms with Crippen LogP contribution in [0.2, 0.25) is 5.02 Å². The summed E-state index contributed by atoms with van der Waals surface area (Å²) in [7, 11) is -3.23. The molecule has 3 fully saturated rings. The number of halogens is 2. The Balaban J connectivity index is 1.31. The molecule has 3 atom stereocenters. The molecule has 0 bridgehead atoms. The Hall–Kier alpha value is -2.67. The highest BCUT2D eigenvalue weighted by atomic mass is 35.5. The van der Waals surface area contributed by atoms with Gasteiger partial charge in [-0.15, -0.1) is 0 Å². The van der Waals surface area contributed by atoms with Gasteiger partial charge >= 0.3 is 6.03 Å². The Labute approximate surface area is 228 Å². The first-order valence-electron chi connectivity index (χ1n) is 13.1. The van der Waals surface area contributed by atoms with Crippen LogP contribution < -0.4 is 5.32 Å². The molecule has 2 amide bonds. The lowest BCUT2D eigenvalue weighted by molar-refractivity contribution is 0.132. The van der Waals surface area contributed by atoms with Crippen LogP contribution in [0.4, 0.5) is 14.9 Å². The molecular weight excluding hydrogens is 527 g/mol. The minimum absolute atomic E-state index is 0.0404. The summed E-state index contributed by atoms with van der Waals surface area (Å²) in [6, 6.07) is 14.1. The van der Waals surface area contributed by atoms with Crippen molar-refractivity contribution in [1.82, 2.24) is 9.21 Å². The van der Waals surface area contributed by atoms with E-state index in [-0.39, 0.29) is 28.4 Å². The number of benzene rings is 2. The quantitative estimate of drug-likeness (QED) is 0.516. The third-order valence-corrected chi connectivity index (χ3v) is 10.2. The standard InChI is InChI=1S/C28H32ClFN4O3S/c1-38(36,37)33-11-8-19(9-12-33)18-34(27(35)32-23-5-6-26(30)25(29)15-23)24-7-10-28(16-22(28)14-24)21-4-2-3-20(13-21)17-31/h2-6,13,15,19,22,24H,7-12,14,16,18H2,1H3,(H,32,35)/t22?,24?,28-/m1/s1. The number of piperidine rings is 1. The molecule has 2 unspecified atom stereocenters. The molecule has 202 valence electrons. The van der Waals surface area contributed by atoms with Crippen molar-refractivity contribution < 1.29 is 17.6 Å². The van der Waals surface area contributed by atoms with E-state index in [1.54, 1.807) is 0 Å². The second-order valence-corrected chi connectivity index (χ2v) is 13.4. The summed E-state index contributed by atoms with van der Waals surface area (Å²) in [6.45, 7) is 1.45. The van der Waals surface area contributed by atoms with Crippen molar-refractivity contribution in [2.75, 3.05) is 31.2 Å². The normalized spacial score (nSPS) is 25.7. The number of nitrogens with one attached hydrogen (secondary N) is 1. The summed E-state index contributed by atoms with van der Waals surface area (Å²) in [5.41, 5.74) is 2.40. The molecule has 3 aliphatic rings. The summed E-state index contributed by atoms with van der Waals surface area (Å²) in [4.78, 5) is 15.5. The van der Waals surface area contributed by atoms with Crippen molar-refractivity contribution in [1.29, 1.82) is 5.26 Å². The molecule has 38 heavy (non-hydrogen) atoms. The number of hydrogen-bond acceptors (Lipinski definition) is 4. The van der Waals surface area contributed by atoms with Crippen molar-refractivity contribution in [2.45, 2.75) is 50.0 Å². The maximum absolute atomic E-state index is 13.7. The molecule has 10 heteroatoms. The second-order valence-electron chi connectivity index (χ2n) is 11.0. The summed E-state index contributed by atoms with van der Waals surface area (Å²) in [5.74, 6) is 0.0866. The maximum atomic E-state index is 13.7. The van der Waals surface area contributed by atoms with Gasteiger partial charge in [0.25, 0.3) is 0 Å². The van der Waals surface area contributed by atoms with Gasteiger partial charge in [-0.3, -0.25) is 0 Å². The van der Waals surface area contributed by atoms with Gasteiger partial charge < -0.3 is 10.2 Å². The van der Waals surface area contributed by atoms with Crippen LogP contribution in [0.5, 0.6) is 0 Å². The molecular formula is C28H32ClFN4O3S. The molecule has 2 aromatic carbocycles. The molecule has 7 nitrogen and oxygen atoms in total. The monoisotopic (exact) mass is 558 g/mol. The van der Waals surface area contributed by atoms with Gasteiger partial charge in [-0.2, -0.15) is 5.26 Å². The molecule has 2 aliphatic carbocycles. The molecule has 2 saturated carbocycles. The Bertz CT molecular complexity index is 1370. The van der Waals surface area contributed by atoms with Crippen molar-refractivity contribution in [3.8, 4) is 6.07 Å². The fourth-order valence-electron chi connectivity index (χ4n) is 6.41. The fourth-order valence-corrected chi connectivity index (χ4v) is 7.47. The molecule has 1 heterocycles. The van der Waals surface area contributed by atoms with Crippen LogP contribution in [0, 0.1) is 29.0 Å². The number of carbonyl (C=O) groups excluding carboxylic acids is 1. The van der Waals surface area contributed by atoms with Crippen LogP contribution in [-0.4, -0.2) is 55.6 Å². The average molecular weight is 559 g/mol. The van der Waals surface area contributed by atoms with Crippen molar-refractivity contribution >= 4 is 33.3 Å². The number of rotatable bonds is 6. The molecule has 1 aliphatic heterocycles. The Morgan fingerprint density at radius 3 is 2.66 bits per heavy atom. The van der Waals surface area contributed by atoms with Gasteiger partial charge in [-0.25, -0.2) is 21.9 Å². The van der Waals surface area contributed by atoms with E-state index in [2.05, 4.69) is 17.5 Å². The third-order valence-electron chi connectivity index (χ3n) is 8.65.